The Bertz CT molecular complexity index is 466. The third kappa shape index (κ3) is 3.18. The summed E-state index contributed by atoms with van der Waals surface area (Å²) in [4.78, 5) is 25.2. The smallest absolute Gasteiger partial charge is 0.327 e. The average Bonchev–Trinajstić information content (AvgIpc) is 2.94. The van der Waals surface area contributed by atoms with Crippen LogP contribution in [0, 0.1) is 0 Å². The van der Waals surface area contributed by atoms with Gasteiger partial charge in [-0.15, -0.1) is 23.1 Å². The largest absolute Gasteiger partial charge is 0.480 e. The van der Waals surface area contributed by atoms with Crippen LogP contribution in [0.15, 0.2) is 15.9 Å². The molecule has 0 saturated carbocycles. The normalized spacial score (nSPS) is 18.9. The number of urea groups is 1. The summed E-state index contributed by atoms with van der Waals surface area (Å²) in [5.41, 5.74) is 0. The van der Waals surface area contributed by atoms with Crippen LogP contribution in [0.4, 0.5) is 4.79 Å². The molecule has 2 amide bonds. The fourth-order valence-electron chi connectivity index (χ4n) is 1.56. The van der Waals surface area contributed by atoms with E-state index in [-0.39, 0.29) is 6.03 Å². The van der Waals surface area contributed by atoms with Crippen molar-refractivity contribution in [3.8, 4) is 0 Å². The number of thioether (sulfide) groups is 1. The topological polar surface area (TPSA) is 69.6 Å². The highest BCUT2D eigenvalue weighted by Gasteiger charge is 2.34. The van der Waals surface area contributed by atoms with E-state index in [1.54, 1.807) is 11.3 Å². The van der Waals surface area contributed by atoms with E-state index in [4.69, 9.17) is 5.11 Å². The zero-order chi connectivity index (χ0) is 13.1. The van der Waals surface area contributed by atoms with Crippen molar-refractivity contribution in [3.05, 3.63) is 20.8 Å². The molecule has 1 atom stereocenters. The highest BCUT2D eigenvalue weighted by Crippen LogP contribution is 2.23. The molecular formula is C10H11BrN2O3S2. The lowest BCUT2D eigenvalue weighted by Crippen LogP contribution is -2.46. The van der Waals surface area contributed by atoms with E-state index in [0.29, 0.717) is 18.2 Å². The van der Waals surface area contributed by atoms with Gasteiger partial charge in [-0.3, -0.25) is 0 Å². The number of hydrogen-bond donors (Lipinski definition) is 2. The molecule has 0 radical (unpaired) electrons. The number of hydrogen-bond acceptors (Lipinski definition) is 4. The minimum Gasteiger partial charge on any atom is -0.480 e. The van der Waals surface area contributed by atoms with Gasteiger partial charge in [0.15, 0.2) is 0 Å². The van der Waals surface area contributed by atoms with E-state index in [2.05, 4.69) is 21.2 Å². The van der Waals surface area contributed by atoms with Gasteiger partial charge in [0.25, 0.3) is 0 Å². The van der Waals surface area contributed by atoms with E-state index in [1.165, 1.54) is 16.7 Å². The third-order valence-electron chi connectivity index (χ3n) is 2.47. The fourth-order valence-corrected chi connectivity index (χ4v) is 4.13. The van der Waals surface area contributed by atoms with Gasteiger partial charge < -0.3 is 15.3 Å². The van der Waals surface area contributed by atoms with Crippen molar-refractivity contribution >= 4 is 51.0 Å². The average molecular weight is 351 g/mol. The van der Waals surface area contributed by atoms with Crippen LogP contribution in [-0.4, -0.2) is 39.7 Å². The lowest BCUT2D eigenvalue weighted by Gasteiger charge is -2.20. The predicted molar refractivity (Wildman–Crippen MR) is 74.8 cm³/mol. The summed E-state index contributed by atoms with van der Waals surface area (Å²) in [7, 11) is 0. The highest BCUT2D eigenvalue weighted by molar-refractivity contribution is 9.11. The Hall–Kier alpha value is -0.730. The number of aliphatic carboxylic acids is 1. The van der Waals surface area contributed by atoms with Crippen molar-refractivity contribution in [2.24, 2.45) is 0 Å². The Kier molecular flexibility index (Phi) is 4.52. The van der Waals surface area contributed by atoms with Crippen LogP contribution in [0.1, 0.15) is 4.88 Å². The maximum Gasteiger partial charge on any atom is 0.327 e. The number of nitrogens with zero attached hydrogens (tertiary/aromatic N) is 1. The van der Waals surface area contributed by atoms with Crippen LogP contribution in [-0.2, 0) is 11.3 Å². The first-order valence-corrected chi connectivity index (χ1v) is 7.93. The maximum absolute atomic E-state index is 11.9. The summed E-state index contributed by atoms with van der Waals surface area (Å²) in [6.07, 6.45) is 0. The van der Waals surface area contributed by atoms with E-state index in [9.17, 15) is 9.59 Å². The second kappa shape index (κ2) is 5.94. The van der Waals surface area contributed by atoms with Crippen molar-refractivity contribution in [1.82, 2.24) is 10.2 Å². The molecule has 1 saturated heterocycles. The van der Waals surface area contributed by atoms with E-state index < -0.39 is 12.0 Å². The molecule has 18 heavy (non-hydrogen) atoms. The summed E-state index contributed by atoms with van der Waals surface area (Å²) >= 11 is 6.34. The summed E-state index contributed by atoms with van der Waals surface area (Å²) in [5.74, 6) is -0.0708. The fraction of sp³-hybridized carbons (Fsp3) is 0.400. The van der Waals surface area contributed by atoms with Crippen LogP contribution < -0.4 is 5.32 Å². The number of halogens is 1. The van der Waals surface area contributed by atoms with Gasteiger partial charge in [-0.2, -0.15) is 0 Å². The number of rotatable bonds is 3. The number of carbonyl (C=O) groups is 2. The Morgan fingerprint density at radius 2 is 2.33 bits per heavy atom. The Morgan fingerprint density at radius 3 is 2.94 bits per heavy atom. The van der Waals surface area contributed by atoms with Crippen LogP contribution in [0.5, 0.6) is 0 Å². The third-order valence-corrected chi connectivity index (χ3v) is 5.11. The van der Waals surface area contributed by atoms with Gasteiger partial charge in [0.1, 0.15) is 6.04 Å². The second-order valence-corrected chi connectivity index (χ2v) is 7.24. The molecule has 0 aromatic carbocycles. The van der Waals surface area contributed by atoms with Gasteiger partial charge in [0.05, 0.1) is 16.2 Å². The van der Waals surface area contributed by atoms with Crippen molar-refractivity contribution in [3.63, 3.8) is 0 Å². The molecule has 1 aromatic rings. The van der Waals surface area contributed by atoms with Crippen molar-refractivity contribution in [2.75, 3.05) is 11.6 Å². The minimum absolute atomic E-state index is 0.322. The molecule has 0 spiro atoms. The van der Waals surface area contributed by atoms with Gasteiger partial charge >= 0.3 is 12.0 Å². The van der Waals surface area contributed by atoms with E-state index in [0.717, 1.165) is 8.66 Å². The van der Waals surface area contributed by atoms with Gasteiger partial charge in [0, 0.05) is 10.6 Å². The van der Waals surface area contributed by atoms with Crippen molar-refractivity contribution in [1.29, 1.82) is 0 Å². The monoisotopic (exact) mass is 350 g/mol. The summed E-state index contributed by atoms with van der Waals surface area (Å²) in [6, 6.07) is 2.79. The number of carboxylic acid groups (broad SMARTS) is 1. The molecule has 1 aliphatic heterocycles. The molecule has 2 heterocycles. The Balaban J connectivity index is 1.89. The van der Waals surface area contributed by atoms with Crippen molar-refractivity contribution < 1.29 is 14.7 Å². The SMILES string of the molecule is O=C(O)C1CSCN1C(=O)NCc1ccc(Br)s1. The zero-order valence-corrected chi connectivity index (χ0v) is 12.5. The molecule has 1 fully saturated rings. The van der Waals surface area contributed by atoms with Crippen LogP contribution in [0.25, 0.3) is 0 Å². The Morgan fingerprint density at radius 1 is 1.56 bits per heavy atom. The molecule has 1 aliphatic rings. The zero-order valence-electron chi connectivity index (χ0n) is 9.26. The van der Waals surface area contributed by atoms with Crippen molar-refractivity contribution in [2.45, 2.75) is 12.6 Å². The van der Waals surface area contributed by atoms with Gasteiger partial charge in [0.2, 0.25) is 0 Å². The molecular weight excluding hydrogens is 340 g/mol. The molecule has 1 aromatic heterocycles. The maximum atomic E-state index is 11.9. The first kappa shape index (κ1) is 13.7. The number of nitrogens with one attached hydrogen (secondary N) is 1. The lowest BCUT2D eigenvalue weighted by molar-refractivity contribution is -0.140. The number of thiophene rings is 1. The molecule has 1 unspecified atom stereocenters. The number of carboxylic acids is 1. The molecule has 2 rings (SSSR count). The number of carbonyl (C=O) groups excluding carboxylic acids is 1. The molecule has 2 N–H and O–H groups in total. The predicted octanol–water partition coefficient (Wildman–Crippen LogP) is 2.18. The first-order chi connectivity index (χ1) is 8.58. The standard InChI is InChI=1S/C10H11BrN2O3S2/c11-8-2-1-6(18-8)3-12-10(16)13-5-17-4-7(13)9(14)15/h1-2,7H,3-5H2,(H,12,16)(H,14,15). The summed E-state index contributed by atoms with van der Waals surface area (Å²) in [5, 5.41) is 11.7. The van der Waals surface area contributed by atoms with Crippen LogP contribution in [0.3, 0.4) is 0 Å². The van der Waals surface area contributed by atoms with Gasteiger partial charge in [-0.25, -0.2) is 9.59 Å². The van der Waals surface area contributed by atoms with Gasteiger partial charge in [-0.05, 0) is 28.1 Å². The molecule has 0 bridgehead atoms. The van der Waals surface area contributed by atoms with Crippen LogP contribution in [0.2, 0.25) is 0 Å². The van der Waals surface area contributed by atoms with Gasteiger partial charge in [-0.1, -0.05) is 0 Å². The molecule has 8 heteroatoms. The first-order valence-electron chi connectivity index (χ1n) is 5.17. The summed E-state index contributed by atoms with van der Waals surface area (Å²) < 4.78 is 1.01. The minimum atomic E-state index is -0.950. The van der Waals surface area contributed by atoms with Crippen LogP contribution >= 0.6 is 39.0 Å². The lowest BCUT2D eigenvalue weighted by atomic mass is 10.3. The molecule has 0 aliphatic carbocycles. The number of amides is 2. The highest BCUT2D eigenvalue weighted by atomic mass is 79.9. The second-order valence-electron chi connectivity index (χ2n) is 3.69. The summed E-state index contributed by atoms with van der Waals surface area (Å²) in [6.45, 7) is 0.419. The van der Waals surface area contributed by atoms with E-state index in [1.807, 2.05) is 12.1 Å². The quantitative estimate of drug-likeness (QED) is 0.876. The molecule has 5 nitrogen and oxygen atoms in total. The Labute approximate surface area is 121 Å². The van der Waals surface area contributed by atoms with E-state index >= 15 is 0 Å². The molecule has 98 valence electrons.